The molecule has 2 saturated carbocycles. The third-order valence-corrected chi connectivity index (χ3v) is 7.35. The number of likely N-dealkylation sites (tertiary alicyclic amines) is 1. The number of nitrogens with two attached hydrogens (primary N) is 1. The van der Waals surface area contributed by atoms with Gasteiger partial charge < -0.3 is 15.4 Å². The molecule has 4 rings (SSSR count). The molecule has 2 N–H and O–H groups in total. The number of halogens is 3. The fraction of sp³-hybridized carbons (Fsp3) is 0.667. The van der Waals surface area contributed by atoms with E-state index in [4.69, 9.17) is 10.5 Å². The number of carbonyl (C=O) groups is 2. The number of esters is 1. The van der Waals surface area contributed by atoms with Crippen molar-refractivity contribution in [1.82, 2.24) is 4.90 Å². The normalized spacial score (nSPS) is 26.4. The number of carbonyl (C=O) groups excluding carboxylic acids is 2. The van der Waals surface area contributed by atoms with Gasteiger partial charge >= 0.3 is 5.97 Å². The van der Waals surface area contributed by atoms with E-state index >= 15 is 0 Å². The summed E-state index contributed by atoms with van der Waals surface area (Å²) < 4.78 is 46.2. The molecular formula is C24H31F3N2O3. The summed E-state index contributed by atoms with van der Waals surface area (Å²) in [4.78, 5) is 27.3. The van der Waals surface area contributed by atoms with E-state index in [0.29, 0.717) is 12.0 Å². The van der Waals surface area contributed by atoms with Crippen LogP contribution in [0.3, 0.4) is 0 Å². The molecule has 1 saturated heterocycles. The van der Waals surface area contributed by atoms with Gasteiger partial charge in [-0.25, -0.2) is 13.2 Å². The number of fused-ring (bicyclic) bond motifs is 1. The average molecular weight is 453 g/mol. The van der Waals surface area contributed by atoms with Crippen molar-refractivity contribution in [3.8, 4) is 0 Å². The van der Waals surface area contributed by atoms with Gasteiger partial charge in [0.25, 0.3) is 0 Å². The third-order valence-electron chi connectivity index (χ3n) is 7.35. The molecule has 3 fully saturated rings. The lowest BCUT2D eigenvalue weighted by atomic mass is 9.84. The van der Waals surface area contributed by atoms with E-state index in [1.165, 1.54) is 0 Å². The van der Waals surface area contributed by atoms with Gasteiger partial charge in [-0.1, -0.05) is 19.3 Å². The standard InChI is InChI=1S/C24H31F3N2O3/c25-19-12-21(27)20(26)10-16(19)8-17(28)11-23(30)29-18(9-15-4-1-2-7-22(15)29)13-32-24(31)14-5-3-6-14/h10,12,14-15,17-18,22H,1-9,11,13,28H2/t15-,17+,18-,22-/m0/s1. The van der Waals surface area contributed by atoms with E-state index in [0.717, 1.165) is 57.4 Å². The van der Waals surface area contributed by atoms with Gasteiger partial charge in [-0.3, -0.25) is 9.59 Å². The molecule has 1 aromatic carbocycles. The highest BCUT2D eigenvalue weighted by Crippen LogP contribution is 2.40. The zero-order valence-electron chi connectivity index (χ0n) is 18.2. The summed E-state index contributed by atoms with van der Waals surface area (Å²) in [5.74, 6) is -3.22. The Hall–Kier alpha value is -2.09. The minimum atomic E-state index is -1.25. The maximum absolute atomic E-state index is 14.0. The minimum Gasteiger partial charge on any atom is -0.463 e. The second kappa shape index (κ2) is 9.81. The predicted molar refractivity (Wildman–Crippen MR) is 112 cm³/mol. The van der Waals surface area contributed by atoms with Gasteiger partial charge in [0, 0.05) is 24.6 Å². The van der Waals surface area contributed by atoms with Crippen LogP contribution in [-0.2, 0) is 20.7 Å². The van der Waals surface area contributed by atoms with Crippen molar-refractivity contribution in [2.45, 2.75) is 82.3 Å². The molecule has 1 aromatic rings. The van der Waals surface area contributed by atoms with Crippen LogP contribution in [0.15, 0.2) is 12.1 Å². The molecule has 3 aliphatic rings. The van der Waals surface area contributed by atoms with E-state index in [2.05, 4.69) is 0 Å². The van der Waals surface area contributed by atoms with Crippen molar-refractivity contribution in [1.29, 1.82) is 0 Å². The molecule has 0 unspecified atom stereocenters. The van der Waals surface area contributed by atoms with Gasteiger partial charge in [-0.2, -0.15) is 0 Å². The first-order chi connectivity index (χ1) is 15.3. The molecule has 1 amide bonds. The van der Waals surface area contributed by atoms with Crippen LogP contribution in [0.2, 0.25) is 0 Å². The largest absolute Gasteiger partial charge is 0.463 e. The molecule has 5 nitrogen and oxygen atoms in total. The number of nitrogens with zero attached hydrogens (tertiary/aromatic N) is 1. The maximum Gasteiger partial charge on any atom is 0.309 e. The van der Waals surface area contributed by atoms with Crippen molar-refractivity contribution < 1.29 is 27.5 Å². The Morgan fingerprint density at radius 1 is 1.03 bits per heavy atom. The SMILES string of the molecule is N[C@@H](CC(=O)N1[C@H](COC(=O)C2CCC2)C[C@@H]2CCCC[C@@H]21)Cc1cc(F)c(F)cc1F. The second-order valence-corrected chi connectivity index (χ2v) is 9.59. The van der Waals surface area contributed by atoms with Gasteiger partial charge in [0.2, 0.25) is 5.91 Å². The topological polar surface area (TPSA) is 72.6 Å². The van der Waals surface area contributed by atoms with Crippen LogP contribution in [-0.4, -0.2) is 41.5 Å². The lowest BCUT2D eigenvalue weighted by molar-refractivity contribution is -0.155. The molecular weight excluding hydrogens is 421 g/mol. The Labute approximate surface area is 186 Å². The van der Waals surface area contributed by atoms with Gasteiger partial charge in [0.05, 0.1) is 12.0 Å². The third kappa shape index (κ3) is 4.95. The molecule has 0 radical (unpaired) electrons. The summed E-state index contributed by atoms with van der Waals surface area (Å²) >= 11 is 0. The molecule has 8 heteroatoms. The zero-order chi connectivity index (χ0) is 22.8. The monoisotopic (exact) mass is 452 g/mol. The highest BCUT2D eigenvalue weighted by molar-refractivity contribution is 5.78. The van der Waals surface area contributed by atoms with E-state index in [1.807, 2.05) is 4.90 Å². The van der Waals surface area contributed by atoms with Crippen molar-refractivity contribution in [2.24, 2.45) is 17.6 Å². The Kier molecular flexibility index (Phi) is 7.08. The minimum absolute atomic E-state index is 0.0118. The number of amides is 1. The van der Waals surface area contributed by atoms with Crippen molar-refractivity contribution in [3.63, 3.8) is 0 Å². The smallest absolute Gasteiger partial charge is 0.309 e. The summed E-state index contributed by atoms with van der Waals surface area (Å²) in [5, 5.41) is 0. The van der Waals surface area contributed by atoms with Crippen LogP contribution in [0.4, 0.5) is 13.2 Å². The fourth-order valence-electron chi connectivity index (χ4n) is 5.44. The van der Waals surface area contributed by atoms with Crippen LogP contribution in [0.5, 0.6) is 0 Å². The lowest BCUT2D eigenvalue weighted by Crippen LogP contribution is -2.47. The Morgan fingerprint density at radius 2 is 1.75 bits per heavy atom. The van der Waals surface area contributed by atoms with Gasteiger partial charge in [0.1, 0.15) is 12.4 Å². The molecule has 1 aliphatic heterocycles. The molecule has 4 atom stereocenters. The van der Waals surface area contributed by atoms with Crippen LogP contribution < -0.4 is 5.73 Å². The quantitative estimate of drug-likeness (QED) is 0.504. The molecule has 176 valence electrons. The lowest BCUT2D eigenvalue weighted by Gasteiger charge is -2.35. The summed E-state index contributed by atoms with van der Waals surface area (Å²) in [6.07, 6.45) is 7.63. The highest BCUT2D eigenvalue weighted by atomic mass is 19.2. The van der Waals surface area contributed by atoms with E-state index in [1.54, 1.807) is 0 Å². The molecule has 2 aliphatic carbocycles. The fourth-order valence-corrected chi connectivity index (χ4v) is 5.44. The zero-order valence-corrected chi connectivity index (χ0v) is 18.2. The van der Waals surface area contributed by atoms with Crippen molar-refractivity contribution >= 4 is 11.9 Å². The van der Waals surface area contributed by atoms with Gasteiger partial charge in [-0.05, 0) is 56.1 Å². The molecule has 32 heavy (non-hydrogen) atoms. The van der Waals surface area contributed by atoms with Crippen molar-refractivity contribution in [2.75, 3.05) is 6.61 Å². The summed E-state index contributed by atoms with van der Waals surface area (Å²) in [7, 11) is 0. The van der Waals surface area contributed by atoms with E-state index < -0.39 is 23.5 Å². The Morgan fingerprint density at radius 3 is 2.47 bits per heavy atom. The number of ether oxygens (including phenoxy) is 1. The Bertz CT molecular complexity index is 861. The molecule has 0 aromatic heterocycles. The molecule has 0 spiro atoms. The maximum atomic E-state index is 14.0. The second-order valence-electron chi connectivity index (χ2n) is 9.59. The highest BCUT2D eigenvalue weighted by Gasteiger charge is 2.45. The van der Waals surface area contributed by atoms with Crippen LogP contribution in [0, 0.1) is 29.3 Å². The van der Waals surface area contributed by atoms with Crippen molar-refractivity contribution in [3.05, 3.63) is 35.1 Å². The summed E-state index contributed by atoms with van der Waals surface area (Å²) in [6.45, 7) is 0.196. The first-order valence-electron chi connectivity index (χ1n) is 11.7. The molecule has 1 heterocycles. The summed E-state index contributed by atoms with van der Waals surface area (Å²) in [6, 6.07) is 0.495. The first-order valence-corrected chi connectivity index (χ1v) is 11.7. The number of rotatable bonds is 7. The number of benzene rings is 1. The number of hydrogen-bond donors (Lipinski definition) is 1. The Balaban J connectivity index is 1.40. The average Bonchev–Trinajstić information content (AvgIpc) is 3.07. The van der Waals surface area contributed by atoms with Gasteiger partial charge in [0.15, 0.2) is 11.6 Å². The number of hydrogen-bond acceptors (Lipinski definition) is 4. The predicted octanol–water partition coefficient (Wildman–Crippen LogP) is 3.87. The van der Waals surface area contributed by atoms with Crippen LogP contribution >= 0.6 is 0 Å². The van der Waals surface area contributed by atoms with E-state index in [9.17, 15) is 22.8 Å². The van der Waals surface area contributed by atoms with Crippen LogP contribution in [0.25, 0.3) is 0 Å². The summed E-state index contributed by atoms with van der Waals surface area (Å²) in [5.41, 5.74) is 6.07. The van der Waals surface area contributed by atoms with E-state index in [-0.39, 0.29) is 54.9 Å². The van der Waals surface area contributed by atoms with Crippen LogP contribution in [0.1, 0.15) is 63.4 Å². The first kappa shape index (κ1) is 23.1. The molecule has 0 bridgehead atoms. The van der Waals surface area contributed by atoms with Gasteiger partial charge in [-0.15, -0.1) is 0 Å².